The van der Waals surface area contributed by atoms with Gasteiger partial charge in [0.25, 0.3) is 0 Å². The first-order chi connectivity index (χ1) is 13.9. The maximum absolute atomic E-state index is 13.4. The van der Waals surface area contributed by atoms with Crippen LogP contribution in [0.5, 0.6) is 28.7 Å². The van der Waals surface area contributed by atoms with Gasteiger partial charge >= 0.3 is 0 Å². The van der Waals surface area contributed by atoms with Crippen LogP contribution in [0.3, 0.4) is 0 Å². The maximum Gasteiger partial charge on any atom is 0.178 e. The first-order valence-corrected chi connectivity index (χ1v) is 9.50. The van der Waals surface area contributed by atoms with E-state index in [-0.39, 0.29) is 18.1 Å². The lowest BCUT2D eigenvalue weighted by atomic mass is 9.81. The minimum Gasteiger partial charge on any atom is -0.872 e. The molecule has 0 aromatic heterocycles. The highest BCUT2D eigenvalue weighted by Crippen LogP contribution is 2.48. The zero-order valence-corrected chi connectivity index (χ0v) is 16.9. The van der Waals surface area contributed by atoms with Crippen molar-refractivity contribution >= 4 is 5.78 Å². The monoisotopic (exact) mass is 395 g/mol. The molecule has 0 saturated carbocycles. The second-order valence-corrected chi connectivity index (χ2v) is 7.46. The topological polar surface area (TPSA) is 77.1 Å². The number of hydrogen-bond donors (Lipinski definition) is 0. The largest absolute Gasteiger partial charge is 0.872 e. The van der Waals surface area contributed by atoms with Gasteiger partial charge in [-0.25, -0.2) is 0 Å². The molecule has 2 heterocycles. The van der Waals surface area contributed by atoms with E-state index < -0.39 is 12.0 Å². The Morgan fingerprint density at radius 1 is 1.21 bits per heavy atom. The van der Waals surface area contributed by atoms with Crippen LogP contribution in [0, 0.1) is 0 Å². The number of fused-ring (bicyclic) bond motifs is 4. The zero-order valence-electron chi connectivity index (χ0n) is 16.9. The van der Waals surface area contributed by atoms with Gasteiger partial charge in [0.2, 0.25) is 0 Å². The number of carbonyl (C=O) groups excluding carboxylic acids is 1. The summed E-state index contributed by atoms with van der Waals surface area (Å²) >= 11 is 0. The minimum absolute atomic E-state index is 0.0773. The second-order valence-electron chi connectivity index (χ2n) is 7.46. The molecular weight excluding hydrogens is 372 g/mol. The Kier molecular flexibility index (Phi) is 4.86. The summed E-state index contributed by atoms with van der Waals surface area (Å²) in [6, 6.07) is 6.51. The first kappa shape index (κ1) is 19.2. The van der Waals surface area contributed by atoms with E-state index in [0.717, 1.165) is 5.57 Å². The molecule has 6 nitrogen and oxygen atoms in total. The summed E-state index contributed by atoms with van der Waals surface area (Å²) in [6.45, 7) is 4.15. The lowest BCUT2D eigenvalue weighted by Crippen LogP contribution is -2.43. The smallest absolute Gasteiger partial charge is 0.178 e. The van der Waals surface area contributed by atoms with Crippen LogP contribution >= 0.6 is 0 Å². The Hall–Kier alpha value is -3.15. The number of carbonyl (C=O) groups is 1. The summed E-state index contributed by atoms with van der Waals surface area (Å²) in [4.78, 5) is 13.4. The molecular formula is C23H23O6-. The molecule has 4 rings (SSSR count). The van der Waals surface area contributed by atoms with Crippen LogP contribution in [0.15, 0.2) is 35.9 Å². The highest BCUT2D eigenvalue weighted by molar-refractivity contribution is 6.05. The fraction of sp³-hybridized carbons (Fsp3) is 0.348. The average molecular weight is 395 g/mol. The molecule has 2 aromatic rings. The quantitative estimate of drug-likeness (QED) is 0.739. The van der Waals surface area contributed by atoms with Crippen LogP contribution in [0.1, 0.15) is 41.3 Å². The lowest BCUT2D eigenvalue weighted by Gasteiger charge is -2.38. The number of ether oxygens (including phenoxy) is 4. The number of rotatable bonds is 4. The predicted octanol–water partition coefficient (Wildman–Crippen LogP) is 3.41. The van der Waals surface area contributed by atoms with Gasteiger partial charge < -0.3 is 24.1 Å². The number of benzene rings is 2. The number of Topliss-reactive ketones (excluding diaryl/α,β-unsaturated/α-hetero) is 1. The van der Waals surface area contributed by atoms with Crippen LogP contribution in [0.2, 0.25) is 0 Å². The third-order valence-electron chi connectivity index (χ3n) is 5.38. The van der Waals surface area contributed by atoms with Crippen LogP contribution < -0.4 is 24.1 Å². The molecule has 0 aliphatic carbocycles. The molecule has 0 saturated heterocycles. The lowest BCUT2D eigenvalue weighted by molar-refractivity contribution is -0.269. The van der Waals surface area contributed by atoms with Crippen molar-refractivity contribution in [2.45, 2.75) is 32.3 Å². The Morgan fingerprint density at radius 2 is 1.93 bits per heavy atom. The number of allylic oxidation sites excluding steroid dienone is 2. The molecule has 2 aliphatic rings. The minimum atomic E-state index is -0.528. The van der Waals surface area contributed by atoms with Crippen molar-refractivity contribution in [3.05, 3.63) is 52.6 Å². The van der Waals surface area contributed by atoms with Crippen molar-refractivity contribution in [1.82, 2.24) is 0 Å². The first-order valence-electron chi connectivity index (χ1n) is 9.50. The van der Waals surface area contributed by atoms with E-state index in [0.29, 0.717) is 46.1 Å². The molecule has 2 aromatic carbocycles. The summed E-state index contributed by atoms with van der Waals surface area (Å²) in [5, 5.41) is 12.4. The molecule has 29 heavy (non-hydrogen) atoms. The van der Waals surface area contributed by atoms with Crippen LogP contribution in [0.4, 0.5) is 0 Å². The van der Waals surface area contributed by atoms with Crippen molar-refractivity contribution in [2.75, 3.05) is 20.8 Å². The Bertz CT molecular complexity index is 1000. The van der Waals surface area contributed by atoms with Crippen LogP contribution in [-0.4, -0.2) is 32.7 Å². The van der Waals surface area contributed by atoms with E-state index in [1.165, 1.54) is 6.07 Å². The Labute approximate surface area is 169 Å². The van der Waals surface area contributed by atoms with Gasteiger partial charge in [-0.3, -0.25) is 4.79 Å². The zero-order chi connectivity index (χ0) is 20.7. The van der Waals surface area contributed by atoms with E-state index in [1.807, 2.05) is 19.9 Å². The normalized spacial score (nSPS) is 19.1. The highest BCUT2D eigenvalue weighted by atomic mass is 16.5. The van der Waals surface area contributed by atoms with Crippen molar-refractivity contribution in [2.24, 2.45) is 0 Å². The molecule has 0 radical (unpaired) electrons. The fourth-order valence-electron chi connectivity index (χ4n) is 3.88. The second kappa shape index (κ2) is 7.35. The van der Waals surface area contributed by atoms with E-state index in [4.69, 9.17) is 18.9 Å². The van der Waals surface area contributed by atoms with E-state index >= 15 is 0 Å². The predicted molar refractivity (Wildman–Crippen MR) is 106 cm³/mol. The summed E-state index contributed by atoms with van der Waals surface area (Å²) in [5.74, 6) is 1.29. The van der Waals surface area contributed by atoms with Gasteiger partial charge in [-0.1, -0.05) is 17.7 Å². The third-order valence-corrected chi connectivity index (χ3v) is 5.38. The summed E-state index contributed by atoms with van der Waals surface area (Å²) < 4.78 is 22.8. The highest BCUT2D eigenvalue weighted by Gasteiger charge is 2.44. The molecule has 0 bridgehead atoms. The molecule has 152 valence electrons. The molecule has 0 spiro atoms. The van der Waals surface area contributed by atoms with Gasteiger partial charge in [0, 0.05) is 11.6 Å². The third kappa shape index (κ3) is 3.18. The van der Waals surface area contributed by atoms with Crippen LogP contribution in [-0.2, 0) is 6.42 Å². The molecule has 2 atom stereocenters. The fourth-order valence-corrected chi connectivity index (χ4v) is 3.88. The molecule has 0 unspecified atom stereocenters. The molecule has 0 N–H and O–H groups in total. The van der Waals surface area contributed by atoms with Gasteiger partial charge in [-0.2, -0.15) is 0 Å². The van der Waals surface area contributed by atoms with E-state index in [1.54, 1.807) is 32.4 Å². The molecule has 6 heteroatoms. The van der Waals surface area contributed by atoms with Gasteiger partial charge in [0.15, 0.2) is 17.3 Å². The van der Waals surface area contributed by atoms with Gasteiger partial charge in [-0.05, 0) is 38.0 Å². The standard InChI is InChI=1S/C23H24O6/c1-12(2)5-6-13-16(24)8-7-14-22(25)21-15-9-18(26-3)19(27-4)10-17(15)28-11-20(21)29-23(13)14/h5,7-10,20-21,24H,6,11H2,1-4H3/p-1/t20-,21+/m1/s1. The van der Waals surface area contributed by atoms with Crippen LogP contribution in [0.25, 0.3) is 0 Å². The Balaban J connectivity index is 1.80. The van der Waals surface area contributed by atoms with E-state index in [2.05, 4.69) is 0 Å². The maximum atomic E-state index is 13.4. The molecule has 2 aliphatic heterocycles. The molecule has 0 fully saturated rings. The SMILES string of the molecule is COc1cc2c(cc1OC)[C@@H]1C(=O)c3ccc([O-])c(CC=C(C)C)c3O[C@@H]1CO2. The van der Waals surface area contributed by atoms with Gasteiger partial charge in [0.1, 0.15) is 24.2 Å². The Morgan fingerprint density at radius 3 is 2.62 bits per heavy atom. The molecule has 0 amide bonds. The van der Waals surface area contributed by atoms with Crippen molar-refractivity contribution in [1.29, 1.82) is 0 Å². The van der Waals surface area contributed by atoms with Crippen molar-refractivity contribution in [3.63, 3.8) is 0 Å². The summed E-state index contributed by atoms with van der Waals surface area (Å²) in [7, 11) is 3.10. The van der Waals surface area contributed by atoms with Gasteiger partial charge in [-0.15, -0.1) is 5.75 Å². The average Bonchev–Trinajstić information content (AvgIpc) is 2.71. The summed E-state index contributed by atoms with van der Waals surface area (Å²) in [5.41, 5.74) is 2.74. The number of ketones is 1. The van der Waals surface area contributed by atoms with Gasteiger partial charge in [0.05, 0.1) is 25.7 Å². The summed E-state index contributed by atoms with van der Waals surface area (Å²) in [6.07, 6.45) is 1.88. The number of hydrogen-bond acceptors (Lipinski definition) is 6. The van der Waals surface area contributed by atoms with Crippen molar-refractivity contribution < 1.29 is 28.8 Å². The van der Waals surface area contributed by atoms with E-state index in [9.17, 15) is 9.90 Å². The van der Waals surface area contributed by atoms with Crippen molar-refractivity contribution in [3.8, 4) is 28.7 Å². The number of methoxy groups -OCH3 is 2.